The van der Waals surface area contributed by atoms with Gasteiger partial charge in [0, 0.05) is 75.2 Å². The first-order valence-corrected chi connectivity index (χ1v) is 32.1. The molecule has 4 heterocycles. The largest absolute Gasteiger partial charge is 0.463 e. The number of hydrogen-bond acceptors (Lipinski definition) is 27. The van der Waals surface area contributed by atoms with Crippen LogP contribution in [0.2, 0.25) is 0 Å². The molecule has 0 N–H and O–H groups in total. The Morgan fingerprint density at radius 1 is 0.413 bits per heavy atom. The van der Waals surface area contributed by atoms with Gasteiger partial charge in [0.25, 0.3) is 0 Å². The van der Waals surface area contributed by atoms with Gasteiger partial charge < -0.3 is 80.5 Å². The van der Waals surface area contributed by atoms with Crippen LogP contribution in [-0.2, 0) is 128 Å². The summed E-state index contributed by atoms with van der Waals surface area (Å²) in [6.07, 6.45) is -17.9. The van der Waals surface area contributed by atoms with Crippen LogP contribution in [0.5, 0.6) is 0 Å². The molecule has 4 aliphatic carbocycles. The van der Waals surface area contributed by atoms with Gasteiger partial charge in [0.05, 0.1) is 18.3 Å². The van der Waals surface area contributed by atoms with Crippen molar-refractivity contribution < 1.29 is 128 Å². The molecule has 516 valence electrons. The predicted octanol–water partition coefficient (Wildman–Crippen LogP) is 5.55. The Labute approximate surface area is 536 Å². The molecule has 27 atom stereocenters. The number of carbonyl (C=O) groups excluding carboxylic acids is 10. The van der Waals surface area contributed by atoms with E-state index in [1.807, 2.05) is 13.8 Å². The Bertz CT molecular complexity index is 2760. The molecule has 0 amide bonds. The smallest absolute Gasteiger partial charge is 0.303 e. The van der Waals surface area contributed by atoms with Crippen LogP contribution in [0.4, 0.5) is 0 Å². The molecule has 0 aromatic rings. The Hall–Kier alpha value is -5.84. The molecule has 4 aliphatic heterocycles. The van der Waals surface area contributed by atoms with Crippen molar-refractivity contribution in [2.24, 2.45) is 46.3 Å². The molecule has 27 heteroatoms. The van der Waals surface area contributed by atoms with E-state index in [0.29, 0.717) is 30.6 Å². The molecular weight excluding hydrogens is 1210 g/mol. The van der Waals surface area contributed by atoms with E-state index in [2.05, 4.69) is 26.8 Å². The summed E-state index contributed by atoms with van der Waals surface area (Å²) < 4.78 is 105. The SMILES string of the molecule is CC(=O)OC[C@H]1O[C@@H](O[C@H]2[C@H](O[C@H]3CC[C@@]4(C)[C@H](CC[C@@H]5[C@@H]4CC[C@]4(C)[C@H]6[C@H](C)[C@@H](OC(C)=O)[C@H](C=C(C)C)O[C@H]6C[C@@H]54)C3)O[C@H](COC(C)=O)[C@@H](OC(C)=O)[C@@H]2OC(C)=O)[C@H](O[C@@H]2O[C@@H](C)[C@H](OC(C)=O)[C@@H](OC(C)=O)[C@H]2OC(C)=O)[C@@H](OC(C)=O)[C@@H]1OC(C)=O. The van der Waals surface area contributed by atoms with Gasteiger partial charge in [0.1, 0.15) is 37.6 Å². The van der Waals surface area contributed by atoms with Gasteiger partial charge in [-0.1, -0.05) is 32.4 Å². The maximum Gasteiger partial charge on any atom is 0.303 e. The molecule has 0 spiro atoms. The highest BCUT2D eigenvalue weighted by Gasteiger charge is 2.67. The molecule has 8 aliphatic rings. The molecule has 0 radical (unpaired) electrons. The summed E-state index contributed by atoms with van der Waals surface area (Å²) >= 11 is 0. The van der Waals surface area contributed by atoms with E-state index in [1.165, 1.54) is 13.8 Å². The summed E-state index contributed by atoms with van der Waals surface area (Å²) in [6, 6.07) is 0. The highest BCUT2D eigenvalue weighted by Crippen LogP contribution is 2.70. The van der Waals surface area contributed by atoms with Crippen LogP contribution in [0.15, 0.2) is 11.6 Å². The first kappa shape index (κ1) is 72.0. The maximum absolute atomic E-state index is 13.5. The standard InChI is InChI=1S/C65H94O27/c1-28(2)23-47-51(79-33(7)68)29(3)50-46(88-47)25-45-43-18-17-41-24-42(19-21-64(41,15)44(43)20-22-65(45,50)16)87-62-59(56(84-38(12)73)53(81-35(9)70)48(89-62)26-76-31(5)66)92-63-60(57(85-39(13)74)54(82-36(10)71)49(90-63)27-77-32(6)67)91-61-58(86-40(14)75)55(83-37(11)72)52(30(4)78-61)80-34(8)69/h23,29-30,41-63H,17-22,24-27H2,1-16H3/t29-,30-,41+,42-,43+,44-,45-,46-,47-,48+,49+,50-,51+,52-,53+,54+,55+,56-,57-,58+,59+,60+,61-,62+,63-,64-,65-/m0/s1. The highest BCUT2D eigenvalue weighted by molar-refractivity contribution is 5.70. The van der Waals surface area contributed by atoms with Gasteiger partial charge in [-0.15, -0.1) is 0 Å². The Kier molecular flexibility index (Phi) is 23.4. The van der Waals surface area contributed by atoms with E-state index in [0.717, 1.165) is 106 Å². The Morgan fingerprint density at radius 3 is 1.32 bits per heavy atom. The minimum atomic E-state index is -2.01. The van der Waals surface area contributed by atoms with Crippen molar-refractivity contribution in [2.75, 3.05) is 13.2 Å². The van der Waals surface area contributed by atoms with Gasteiger partial charge in [-0.3, -0.25) is 47.9 Å². The fourth-order valence-corrected chi connectivity index (χ4v) is 16.9. The normalized spacial score (nSPS) is 41.2. The second kappa shape index (κ2) is 29.8. The zero-order valence-corrected chi connectivity index (χ0v) is 55.6. The molecule has 8 fully saturated rings. The molecule has 0 bridgehead atoms. The third-order valence-corrected chi connectivity index (χ3v) is 20.1. The third-order valence-electron chi connectivity index (χ3n) is 20.1. The fourth-order valence-electron chi connectivity index (χ4n) is 16.9. The molecular formula is C65H94O27. The second-order valence-electron chi connectivity index (χ2n) is 26.9. The van der Waals surface area contributed by atoms with Crippen LogP contribution in [0.25, 0.3) is 0 Å². The van der Waals surface area contributed by atoms with E-state index in [9.17, 15) is 47.9 Å². The fraction of sp³-hybridized carbons (Fsp3) is 0.815. The Morgan fingerprint density at radius 2 is 0.837 bits per heavy atom. The lowest BCUT2D eigenvalue weighted by atomic mass is 9.44. The topological polar surface area (TPSA) is 328 Å². The van der Waals surface area contributed by atoms with Crippen molar-refractivity contribution in [3.63, 3.8) is 0 Å². The molecule has 27 nitrogen and oxygen atoms in total. The van der Waals surface area contributed by atoms with E-state index in [4.69, 9.17) is 80.5 Å². The lowest BCUT2D eigenvalue weighted by molar-refractivity contribution is -0.395. The van der Waals surface area contributed by atoms with Crippen LogP contribution in [-0.4, -0.2) is 189 Å². The number of allylic oxidation sites excluding steroid dienone is 1. The zero-order chi connectivity index (χ0) is 67.6. The minimum Gasteiger partial charge on any atom is -0.463 e. The van der Waals surface area contributed by atoms with Crippen molar-refractivity contribution in [2.45, 2.75) is 279 Å². The highest BCUT2D eigenvalue weighted by atomic mass is 16.8. The van der Waals surface area contributed by atoms with Crippen LogP contribution in [0.1, 0.15) is 162 Å². The molecule has 4 saturated carbocycles. The van der Waals surface area contributed by atoms with Gasteiger partial charge in [0.2, 0.25) is 0 Å². The summed E-state index contributed by atoms with van der Waals surface area (Å²) in [5.74, 6) is -6.74. The number of rotatable bonds is 19. The van der Waals surface area contributed by atoms with Crippen molar-refractivity contribution in [1.29, 1.82) is 0 Å². The molecule has 4 saturated heterocycles. The summed E-state index contributed by atoms with van der Waals surface area (Å²) in [6.45, 7) is 22.4. The van der Waals surface area contributed by atoms with Crippen LogP contribution < -0.4 is 0 Å². The minimum absolute atomic E-state index is 0.000931. The molecule has 0 aromatic carbocycles. The summed E-state index contributed by atoms with van der Waals surface area (Å²) in [5.41, 5.74) is 0.899. The first-order chi connectivity index (χ1) is 43.2. The van der Waals surface area contributed by atoms with Gasteiger partial charge in [-0.25, -0.2) is 0 Å². The van der Waals surface area contributed by atoms with Crippen molar-refractivity contribution >= 4 is 59.7 Å². The lowest BCUT2D eigenvalue weighted by Gasteiger charge is -2.61. The number of fused-ring (bicyclic) bond motifs is 7. The van der Waals surface area contributed by atoms with E-state index >= 15 is 0 Å². The average Bonchev–Trinajstić information content (AvgIpc) is 1.47. The monoisotopic (exact) mass is 1310 g/mol. The van der Waals surface area contributed by atoms with Crippen molar-refractivity contribution in [3.05, 3.63) is 11.6 Å². The van der Waals surface area contributed by atoms with Crippen molar-refractivity contribution in [1.82, 2.24) is 0 Å². The number of ether oxygens (including phenoxy) is 17. The van der Waals surface area contributed by atoms with Gasteiger partial charge in [-0.05, 0) is 113 Å². The zero-order valence-electron chi connectivity index (χ0n) is 55.6. The van der Waals surface area contributed by atoms with Crippen LogP contribution in [0, 0.1) is 46.3 Å². The molecule has 8 rings (SSSR count). The summed E-state index contributed by atoms with van der Waals surface area (Å²) in [5, 5.41) is 0. The second-order valence-corrected chi connectivity index (χ2v) is 26.9. The number of carbonyl (C=O) groups is 10. The first-order valence-electron chi connectivity index (χ1n) is 32.1. The Balaban J connectivity index is 1.17. The van der Waals surface area contributed by atoms with E-state index in [-0.39, 0.29) is 46.8 Å². The number of hydrogen-bond donors (Lipinski definition) is 0. The molecule has 0 aromatic heterocycles. The lowest BCUT2D eigenvalue weighted by Crippen LogP contribution is -2.69. The quantitative estimate of drug-likeness (QED) is 0.0661. The third kappa shape index (κ3) is 16.3. The average molecular weight is 1310 g/mol. The summed E-state index contributed by atoms with van der Waals surface area (Å²) in [7, 11) is 0. The molecule has 92 heavy (non-hydrogen) atoms. The van der Waals surface area contributed by atoms with Gasteiger partial charge in [0.15, 0.2) is 73.8 Å². The maximum atomic E-state index is 13.5. The van der Waals surface area contributed by atoms with Crippen LogP contribution in [0.3, 0.4) is 0 Å². The molecule has 0 unspecified atom stereocenters. The number of esters is 10. The summed E-state index contributed by atoms with van der Waals surface area (Å²) in [4.78, 5) is 129. The van der Waals surface area contributed by atoms with Gasteiger partial charge in [-0.2, -0.15) is 0 Å². The van der Waals surface area contributed by atoms with Crippen LogP contribution >= 0.6 is 0 Å². The predicted molar refractivity (Wildman–Crippen MR) is 312 cm³/mol. The van der Waals surface area contributed by atoms with Gasteiger partial charge >= 0.3 is 59.7 Å². The van der Waals surface area contributed by atoms with E-state index < -0.39 is 171 Å². The van der Waals surface area contributed by atoms with Crippen molar-refractivity contribution in [3.8, 4) is 0 Å². The van der Waals surface area contributed by atoms with E-state index in [1.54, 1.807) is 0 Å².